The van der Waals surface area contributed by atoms with Crippen LogP contribution in [-0.4, -0.2) is 43.2 Å². The predicted molar refractivity (Wildman–Crippen MR) is 81.9 cm³/mol. The van der Waals surface area contributed by atoms with Crippen LogP contribution in [0.15, 0.2) is 0 Å². The van der Waals surface area contributed by atoms with Crippen LogP contribution in [0.1, 0.15) is 39.5 Å². The van der Waals surface area contributed by atoms with E-state index in [1.165, 1.54) is 0 Å². The average Bonchev–Trinajstić information content (AvgIpc) is 3.35. The van der Waals surface area contributed by atoms with Crippen LogP contribution in [0.25, 0.3) is 0 Å². The van der Waals surface area contributed by atoms with Crippen LogP contribution < -0.4 is 16.4 Å². The van der Waals surface area contributed by atoms with E-state index in [0.717, 1.165) is 32.3 Å². The van der Waals surface area contributed by atoms with Crippen molar-refractivity contribution < 1.29 is 14.3 Å². The van der Waals surface area contributed by atoms with Crippen LogP contribution in [0.3, 0.4) is 0 Å². The van der Waals surface area contributed by atoms with E-state index in [1.807, 2.05) is 13.8 Å². The summed E-state index contributed by atoms with van der Waals surface area (Å²) in [7, 11) is 0. The van der Waals surface area contributed by atoms with Crippen molar-refractivity contribution in [3.8, 4) is 0 Å². The third-order valence-corrected chi connectivity index (χ3v) is 5.72. The lowest BCUT2D eigenvalue weighted by Gasteiger charge is -2.65. The molecule has 3 rings (SSSR count). The first kappa shape index (κ1) is 15.7. The summed E-state index contributed by atoms with van der Waals surface area (Å²) in [5.74, 6) is 0.269. The van der Waals surface area contributed by atoms with E-state index >= 15 is 0 Å². The summed E-state index contributed by atoms with van der Waals surface area (Å²) in [6.07, 6.45) is 3.95. The molecule has 6 nitrogen and oxygen atoms in total. The summed E-state index contributed by atoms with van der Waals surface area (Å²) < 4.78 is 5.81. The van der Waals surface area contributed by atoms with Gasteiger partial charge in [-0.25, -0.2) is 0 Å². The highest BCUT2D eigenvalue weighted by atomic mass is 16.5. The molecule has 2 aliphatic carbocycles. The SMILES string of the molecule is CC1(C)C2OCCCC2C1(N)C(=O)NCCNC(=O)C1CC1. The number of ether oxygens (including phenoxy) is 1. The molecule has 3 aliphatic rings. The topological polar surface area (TPSA) is 93.4 Å². The first-order valence-corrected chi connectivity index (χ1v) is 8.35. The van der Waals surface area contributed by atoms with Crippen molar-refractivity contribution in [2.75, 3.05) is 19.7 Å². The Morgan fingerprint density at radius 3 is 2.55 bits per heavy atom. The largest absolute Gasteiger partial charge is 0.377 e. The number of hydrogen-bond acceptors (Lipinski definition) is 4. The molecular weight excluding hydrogens is 282 g/mol. The Hall–Kier alpha value is -1.14. The second-order valence-corrected chi connectivity index (χ2v) is 7.45. The van der Waals surface area contributed by atoms with Gasteiger partial charge in [0.1, 0.15) is 5.54 Å². The van der Waals surface area contributed by atoms with Gasteiger partial charge in [0.15, 0.2) is 0 Å². The Kier molecular flexibility index (Phi) is 3.93. The summed E-state index contributed by atoms with van der Waals surface area (Å²) in [6.45, 7) is 5.66. The van der Waals surface area contributed by atoms with Gasteiger partial charge in [-0.05, 0) is 25.7 Å². The highest BCUT2D eigenvalue weighted by Crippen LogP contribution is 2.57. The molecule has 0 aromatic heterocycles. The number of rotatable bonds is 5. The molecule has 3 fully saturated rings. The van der Waals surface area contributed by atoms with Gasteiger partial charge in [0, 0.05) is 36.9 Å². The van der Waals surface area contributed by atoms with Gasteiger partial charge < -0.3 is 21.1 Å². The predicted octanol–water partition coefficient (Wildman–Crippen LogP) is 0.161. The van der Waals surface area contributed by atoms with E-state index in [9.17, 15) is 9.59 Å². The van der Waals surface area contributed by atoms with Gasteiger partial charge >= 0.3 is 0 Å². The van der Waals surface area contributed by atoms with Gasteiger partial charge in [-0.3, -0.25) is 9.59 Å². The second-order valence-electron chi connectivity index (χ2n) is 7.45. The van der Waals surface area contributed by atoms with E-state index in [2.05, 4.69) is 10.6 Å². The van der Waals surface area contributed by atoms with Crippen molar-refractivity contribution in [1.82, 2.24) is 10.6 Å². The number of carbonyl (C=O) groups excluding carboxylic acids is 2. The zero-order valence-corrected chi connectivity index (χ0v) is 13.5. The highest BCUT2D eigenvalue weighted by Gasteiger charge is 2.70. The maximum Gasteiger partial charge on any atom is 0.241 e. The molecule has 4 N–H and O–H groups in total. The van der Waals surface area contributed by atoms with Crippen LogP contribution in [-0.2, 0) is 14.3 Å². The molecule has 1 saturated heterocycles. The fraction of sp³-hybridized carbons (Fsp3) is 0.875. The molecule has 124 valence electrons. The van der Waals surface area contributed by atoms with Gasteiger partial charge in [0.05, 0.1) is 6.10 Å². The molecule has 0 radical (unpaired) electrons. The fourth-order valence-corrected chi connectivity index (χ4v) is 4.03. The first-order chi connectivity index (χ1) is 10.4. The van der Waals surface area contributed by atoms with Gasteiger partial charge in [0.25, 0.3) is 0 Å². The average molecular weight is 309 g/mol. The summed E-state index contributed by atoms with van der Waals surface area (Å²) in [5.41, 5.74) is 5.26. The number of nitrogens with one attached hydrogen (secondary N) is 2. The second kappa shape index (κ2) is 5.49. The highest BCUT2D eigenvalue weighted by molar-refractivity contribution is 5.89. The molecule has 1 heterocycles. The molecular formula is C16H27N3O3. The molecule has 22 heavy (non-hydrogen) atoms. The molecule has 3 unspecified atom stereocenters. The summed E-state index contributed by atoms with van der Waals surface area (Å²) in [4.78, 5) is 24.1. The van der Waals surface area contributed by atoms with Crippen molar-refractivity contribution in [2.45, 2.75) is 51.2 Å². The molecule has 6 heteroatoms. The summed E-state index contributed by atoms with van der Waals surface area (Å²) in [6, 6.07) is 0. The quantitative estimate of drug-likeness (QED) is 0.631. The molecule has 0 bridgehead atoms. The van der Waals surface area contributed by atoms with Crippen LogP contribution in [0.2, 0.25) is 0 Å². The Labute approximate surface area is 131 Å². The summed E-state index contributed by atoms with van der Waals surface area (Å²) >= 11 is 0. The van der Waals surface area contributed by atoms with Crippen molar-refractivity contribution in [1.29, 1.82) is 0 Å². The minimum atomic E-state index is -0.876. The van der Waals surface area contributed by atoms with Crippen molar-refractivity contribution >= 4 is 11.8 Å². The number of amides is 2. The fourth-order valence-electron chi connectivity index (χ4n) is 4.03. The minimum Gasteiger partial charge on any atom is -0.377 e. The van der Waals surface area contributed by atoms with E-state index in [1.54, 1.807) is 0 Å². The molecule has 2 amide bonds. The molecule has 1 aliphatic heterocycles. The molecule has 2 saturated carbocycles. The van der Waals surface area contributed by atoms with E-state index < -0.39 is 5.54 Å². The van der Waals surface area contributed by atoms with Gasteiger partial charge in [0.2, 0.25) is 11.8 Å². The maximum atomic E-state index is 12.6. The zero-order chi connectivity index (χ0) is 16.0. The van der Waals surface area contributed by atoms with Gasteiger partial charge in [-0.2, -0.15) is 0 Å². The zero-order valence-electron chi connectivity index (χ0n) is 13.5. The van der Waals surface area contributed by atoms with Crippen LogP contribution in [0.5, 0.6) is 0 Å². The number of fused-ring (bicyclic) bond motifs is 1. The standard InChI is InChI=1S/C16H27N3O3/c1-15(2)12-11(4-3-9-22-12)16(15,17)14(21)19-8-7-18-13(20)10-5-6-10/h10-12H,3-9,17H2,1-2H3,(H,18,20)(H,19,21). The van der Waals surface area contributed by atoms with Crippen molar-refractivity contribution in [2.24, 2.45) is 23.0 Å². The number of carbonyl (C=O) groups is 2. The molecule has 0 aromatic rings. The van der Waals surface area contributed by atoms with Crippen LogP contribution in [0.4, 0.5) is 0 Å². The maximum absolute atomic E-state index is 12.6. The van der Waals surface area contributed by atoms with E-state index in [4.69, 9.17) is 10.5 Å². The van der Waals surface area contributed by atoms with E-state index in [-0.39, 0.29) is 35.2 Å². The van der Waals surface area contributed by atoms with Gasteiger partial charge in [-0.15, -0.1) is 0 Å². The Bertz CT molecular complexity index is 475. The van der Waals surface area contributed by atoms with Gasteiger partial charge in [-0.1, -0.05) is 13.8 Å². The minimum absolute atomic E-state index is 0.0755. The molecule has 3 atom stereocenters. The van der Waals surface area contributed by atoms with Crippen LogP contribution in [0, 0.1) is 17.3 Å². The lowest BCUT2D eigenvalue weighted by atomic mass is 9.46. The lowest BCUT2D eigenvalue weighted by Crippen LogP contribution is -2.82. The third-order valence-electron chi connectivity index (χ3n) is 5.72. The Morgan fingerprint density at radius 2 is 1.86 bits per heavy atom. The molecule has 0 aromatic carbocycles. The lowest BCUT2D eigenvalue weighted by molar-refractivity contribution is -0.225. The normalized spacial score (nSPS) is 36.0. The third kappa shape index (κ3) is 2.33. The Balaban J connectivity index is 1.51. The summed E-state index contributed by atoms with van der Waals surface area (Å²) in [5, 5.41) is 5.74. The smallest absolute Gasteiger partial charge is 0.241 e. The van der Waals surface area contributed by atoms with Crippen LogP contribution >= 0.6 is 0 Å². The van der Waals surface area contributed by atoms with Crippen molar-refractivity contribution in [3.05, 3.63) is 0 Å². The van der Waals surface area contributed by atoms with Crippen molar-refractivity contribution in [3.63, 3.8) is 0 Å². The first-order valence-electron chi connectivity index (χ1n) is 8.35. The number of nitrogens with two attached hydrogens (primary N) is 1. The molecule has 0 spiro atoms. The van der Waals surface area contributed by atoms with E-state index in [0.29, 0.717) is 13.1 Å². The number of hydrogen-bond donors (Lipinski definition) is 3. The Morgan fingerprint density at radius 1 is 1.18 bits per heavy atom. The monoisotopic (exact) mass is 309 g/mol.